The molecule has 1 N–H and O–H groups in total. The number of carbonyl (C=O) groups is 2. The summed E-state index contributed by atoms with van der Waals surface area (Å²) in [6.45, 7) is 7.37. The summed E-state index contributed by atoms with van der Waals surface area (Å²) >= 11 is 0. The number of fused-ring (bicyclic) bond motifs is 5. The fourth-order valence-corrected chi connectivity index (χ4v) is 8.18. The minimum absolute atomic E-state index is 0.0701. The molecule has 0 bridgehead atoms. The Bertz CT molecular complexity index is 686. The van der Waals surface area contributed by atoms with Gasteiger partial charge in [-0.3, -0.25) is 9.59 Å². The molecule has 4 heteroatoms. The van der Waals surface area contributed by atoms with Gasteiger partial charge in [-0.15, -0.1) is 0 Å². The molecule has 0 aromatic carbocycles. The standard InChI is InChI=1S/C24H38N2O2/c1-15(26(4)5)17-8-9-18-16-6-7-20-22(28)21(25-14-27)11-13-24(20,3)19(16)10-12-23(17,18)2/h11,14-20H,6-10,12-13H2,1-5H3,(H,25,27)/t15?,16-,17+,18-,19-,20-,23+,24+/m0/s1. The Morgan fingerprint density at radius 1 is 1.11 bits per heavy atom. The van der Waals surface area contributed by atoms with Crippen molar-refractivity contribution in [3.63, 3.8) is 0 Å². The summed E-state index contributed by atoms with van der Waals surface area (Å²) in [5.41, 5.74) is 1.06. The Balaban J connectivity index is 1.60. The predicted octanol–water partition coefficient (Wildman–Crippen LogP) is 4.01. The van der Waals surface area contributed by atoms with E-state index in [1.807, 2.05) is 6.08 Å². The van der Waals surface area contributed by atoms with Crippen molar-refractivity contribution in [3.8, 4) is 0 Å². The van der Waals surface area contributed by atoms with Crippen molar-refractivity contribution in [2.45, 2.75) is 71.8 Å². The number of allylic oxidation sites excluding steroid dienone is 2. The van der Waals surface area contributed by atoms with Gasteiger partial charge in [-0.2, -0.15) is 0 Å². The maximum atomic E-state index is 13.0. The monoisotopic (exact) mass is 386 g/mol. The highest BCUT2D eigenvalue weighted by Gasteiger charge is 2.61. The van der Waals surface area contributed by atoms with Crippen LogP contribution in [-0.2, 0) is 9.59 Å². The van der Waals surface area contributed by atoms with E-state index >= 15 is 0 Å². The number of hydrogen-bond acceptors (Lipinski definition) is 3. The van der Waals surface area contributed by atoms with Gasteiger partial charge in [-0.1, -0.05) is 19.9 Å². The third-order valence-corrected chi connectivity index (χ3v) is 9.88. The summed E-state index contributed by atoms with van der Waals surface area (Å²) in [7, 11) is 4.45. The van der Waals surface area contributed by atoms with E-state index in [4.69, 9.17) is 0 Å². The van der Waals surface area contributed by atoms with Crippen LogP contribution in [0, 0.1) is 40.4 Å². The van der Waals surface area contributed by atoms with Crippen LogP contribution in [0.2, 0.25) is 0 Å². The van der Waals surface area contributed by atoms with Gasteiger partial charge in [0.15, 0.2) is 5.78 Å². The molecule has 0 aromatic heterocycles. The predicted molar refractivity (Wildman–Crippen MR) is 111 cm³/mol. The molecule has 4 nitrogen and oxygen atoms in total. The third kappa shape index (κ3) is 2.74. The first-order valence-corrected chi connectivity index (χ1v) is 11.3. The molecule has 0 aliphatic heterocycles. The van der Waals surface area contributed by atoms with Gasteiger partial charge >= 0.3 is 0 Å². The van der Waals surface area contributed by atoms with E-state index < -0.39 is 0 Å². The highest BCUT2D eigenvalue weighted by atomic mass is 16.1. The molecule has 28 heavy (non-hydrogen) atoms. The van der Waals surface area contributed by atoms with Gasteiger partial charge in [0.2, 0.25) is 6.41 Å². The number of rotatable bonds is 4. The number of ketones is 1. The van der Waals surface area contributed by atoms with Gasteiger partial charge in [0.25, 0.3) is 0 Å². The number of amides is 1. The summed E-state index contributed by atoms with van der Waals surface area (Å²) in [5.74, 6) is 3.28. The zero-order valence-electron chi connectivity index (χ0n) is 18.3. The molecule has 0 aromatic rings. The summed E-state index contributed by atoms with van der Waals surface area (Å²) in [5, 5.41) is 2.65. The van der Waals surface area contributed by atoms with Gasteiger partial charge < -0.3 is 10.2 Å². The Labute approximate surface area is 170 Å². The van der Waals surface area contributed by atoms with Crippen LogP contribution >= 0.6 is 0 Å². The lowest BCUT2D eigenvalue weighted by Crippen LogP contribution is -2.56. The smallest absolute Gasteiger partial charge is 0.211 e. The number of carbonyl (C=O) groups excluding carboxylic acids is 2. The third-order valence-electron chi connectivity index (χ3n) is 9.88. The van der Waals surface area contributed by atoms with Crippen molar-refractivity contribution in [2.24, 2.45) is 40.4 Å². The first-order valence-electron chi connectivity index (χ1n) is 11.3. The van der Waals surface area contributed by atoms with Crippen LogP contribution < -0.4 is 5.32 Å². The fraction of sp³-hybridized carbons (Fsp3) is 0.833. The molecule has 1 unspecified atom stereocenters. The fourth-order valence-electron chi connectivity index (χ4n) is 8.18. The van der Waals surface area contributed by atoms with Gasteiger partial charge in [0.05, 0.1) is 5.70 Å². The van der Waals surface area contributed by atoms with Crippen LogP contribution in [-0.4, -0.2) is 37.2 Å². The van der Waals surface area contributed by atoms with Crippen LogP contribution in [0.4, 0.5) is 0 Å². The van der Waals surface area contributed by atoms with Crippen molar-refractivity contribution < 1.29 is 9.59 Å². The van der Waals surface area contributed by atoms with E-state index in [-0.39, 0.29) is 17.1 Å². The molecular formula is C24H38N2O2. The summed E-state index contributed by atoms with van der Waals surface area (Å²) in [6.07, 6.45) is 11.1. The van der Waals surface area contributed by atoms with E-state index in [0.29, 0.717) is 29.5 Å². The molecule has 4 rings (SSSR count). The molecule has 0 spiro atoms. The van der Waals surface area contributed by atoms with Gasteiger partial charge in [0, 0.05) is 12.0 Å². The first-order chi connectivity index (χ1) is 13.2. The van der Waals surface area contributed by atoms with E-state index in [9.17, 15) is 9.59 Å². The molecule has 1 amide bonds. The number of nitrogens with one attached hydrogen (secondary N) is 1. The average Bonchev–Trinajstić information content (AvgIpc) is 3.00. The SMILES string of the molecule is CC([C@H]1CC[C@H]2[C@@H]3CC[C@H]4C(=O)C(NC=O)=CC[C@]4(C)[C@H]3CC[C@]12C)N(C)C. The molecule has 156 valence electrons. The minimum atomic E-state index is 0.0701. The van der Waals surface area contributed by atoms with Crippen LogP contribution in [0.15, 0.2) is 11.8 Å². The van der Waals surface area contributed by atoms with Gasteiger partial charge in [0.1, 0.15) is 0 Å². The zero-order valence-corrected chi connectivity index (χ0v) is 18.3. The van der Waals surface area contributed by atoms with Crippen molar-refractivity contribution in [1.82, 2.24) is 10.2 Å². The molecule has 4 aliphatic carbocycles. The van der Waals surface area contributed by atoms with E-state index in [1.165, 1.54) is 32.1 Å². The van der Waals surface area contributed by atoms with Crippen molar-refractivity contribution in [2.75, 3.05) is 14.1 Å². The number of Topliss-reactive ketones (excluding diaryl/α,β-unsaturated/α-hetero) is 1. The molecule has 0 radical (unpaired) electrons. The lowest BCUT2D eigenvalue weighted by molar-refractivity contribution is -0.140. The quantitative estimate of drug-likeness (QED) is 0.743. The normalized spacial score (nSPS) is 46.3. The Kier molecular flexibility index (Phi) is 5.01. The molecule has 3 saturated carbocycles. The van der Waals surface area contributed by atoms with Gasteiger partial charge in [-0.05, 0) is 100 Å². The van der Waals surface area contributed by atoms with Gasteiger partial charge in [-0.25, -0.2) is 0 Å². The largest absolute Gasteiger partial charge is 0.326 e. The van der Waals surface area contributed by atoms with E-state index in [1.54, 1.807) is 0 Å². The summed E-state index contributed by atoms with van der Waals surface area (Å²) < 4.78 is 0. The second-order valence-electron chi connectivity index (χ2n) is 10.9. The van der Waals surface area contributed by atoms with Crippen LogP contribution in [0.5, 0.6) is 0 Å². The Morgan fingerprint density at radius 2 is 1.82 bits per heavy atom. The highest BCUT2D eigenvalue weighted by molar-refractivity contribution is 5.99. The lowest BCUT2D eigenvalue weighted by Gasteiger charge is -2.60. The molecular weight excluding hydrogens is 348 g/mol. The topological polar surface area (TPSA) is 49.4 Å². The van der Waals surface area contributed by atoms with Crippen LogP contribution in [0.3, 0.4) is 0 Å². The second kappa shape index (κ2) is 6.97. The molecule has 0 saturated heterocycles. The Hall–Kier alpha value is -1.16. The summed E-state index contributed by atoms with van der Waals surface area (Å²) in [6, 6.07) is 0.634. The van der Waals surface area contributed by atoms with Crippen molar-refractivity contribution >= 4 is 12.2 Å². The second-order valence-corrected chi connectivity index (χ2v) is 10.9. The maximum Gasteiger partial charge on any atom is 0.211 e. The molecule has 3 fully saturated rings. The number of nitrogens with zero attached hydrogens (tertiary/aromatic N) is 1. The lowest BCUT2D eigenvalue weighted by atomic mass is 9.45. The number of hydrogen-bond donors (Lipinski definition) is 1. The highest BCUT2D eigenvalue weighted by Crippen LogP contribution is 2.67. The van der Waals surface area contributed by atoms with Crippen LogP contribution in [0.1, 0.15) is 65.7 Å². The van der Waals surface area contributed by atoms with Crippen LogP contribution in [0.25, 0.3) is 0 Å². The average molecular weight is 387 g/mol. The molecule has 4 aliphatic rings. The first kappa shape index (κ1) is 20.1. The Morgan fingerprint density at radius 3 is 2.50 bits per heavy atom. The van der Waals surface area contributed by atoms with E-state index in [0.717, 1.165) is 30.6 Å². The minimum Gasteiger partial charge on any atom is -0.326 e. The van der Waals surface area contributed by atoms with E-state index in [2.05, 4.69) is 45.1 Å². The zero-order chi connectivity index (χ0) is 20.3. The van der Waals surface area contributed by atoms with Crippen molar-refractivity contribution in [1.29, 1.82) is 0 Å². The maximum absolute atomic E-state index is 13.0. The van der Waals surface area contributed by atoms with Crippen molar-refractivity contribution in [3.05, 3.63) is 11.8 Å². The molecule has 0 heterocycles. The molecule has 8 atom stereocenters. The summed E-state index contributed by atoms with van der Waals surface area (Å²) in [4.78, 5) is 26.3.